The van der Waals surface area contributed by atoms with Gasteiger partial charge in [-0.25, -0.2) is 4.68 Å². The van der Waals surface area contributed by atoms with Gasteiger partial charge in [0.15, 0.2) is 5.82 Å². The molecule has 0 amide bonds. The van der Waals surface area contributed by atoms with Crippen molar-refractivity contribution in [3.63, 3.8) is 0 Å². The van der Waals surface area contributed by atoms with Gasteiger partial charge in [-0.05, 0) is 39.6 Å². The molecule has 0 aliphatic carbocycles. The Hall–Kier alpha value is -3.56. The zero-order chi connectivity index (χ0) is 21.9. The molecule has 3 heterocycles. The first-order valence-corrected chi connectivity index (χ1v) is 10.6. The summed E-state index contributed by atoms with van der Waals surface area (Å²) >= 11 is 0. The number of morpholine rings is 1. The van der Waals surface area contributed by atoms with E-state index in [1.807, 2.05) is 54.6 Å². The Morgan fingerprint density at radius 3 is 2.72 bits per heavy atom. The highest BCUT2D eigenvalue weighted by Gasteiger charge is 2.31. The number of rotatable bonds is 6. The van der Waals surface area contributed by atoms with Crippen LogP contribution >= 0.6 is 0 Å². The molecule has 1 saturated heterocycles. The van der Waals surface area contributed by atoms with Crippen molar-refractivity contribution in [2.24, 2.45) is 0 Å². The van der Waals surface area contributed by atoms with E-state index in [9.17, 15) is 4.79 Å². The number of tetrazole rings is 1. The van der Waals surface area contributed by atoms with Crippen molar-refractivity contribution in [3.8, 4) is 5.75 Å². The van der Waals surface area contributed by atoms with Crippen LogP contribution in [-0.2, 0) is 11.3 Å². The molecular formula is C23H24N6O3. The molecule has 0 bridgehead atoms. The van der Waals surface area contributed by atoms with Crippen LogP contribution < -0.4 is 10.3 Å². The molecule has 4 aromatic rings. The highest BCUT2D eigenvalue weighted by Crippen LogP contribution is 2.28. The molecule has 32 heavy (non-hydrogen) atoms. The molecule has 9 nitrogen and oxygen atoms in total. The third-order valence-electron chi connectivity index (χ3n) is 5.77. The maximum atomic E-state index is 13.2. The van der Waals surface area contributed by atoms with Crippen LogP contribution in [0.5, 0.6) is 5.75 Å². The lowest BCUT2D eigenvalue weighted by Gasteiger charge is -2.33. The lowest BCUT2D eigenvalue weighted by molar-refractivity contribution is 0.0214. The minimum Gasteiger partial charge on any atom is -0.497 e. The Bertz CT molecular complexity index is 1260. The molecule has 1 atom stereocenters. The van der Waals surface area contributed by atoms with E-state index in [4.69, 9.17) is 9.47 Å². The molecule has 2 aromatic carbocycles. The first kappa shape index (κ1) is 20.3. The second-order valence-electron chi connectivity index (χ2n) is 7.74. The van der Waals surface area contributed by atoms with E-state index in [1.54, 1.807) is 11.8 Å². The van der Waals surface area contributed by atoms with Crippen LogP contribution in [0.15, 0.2) is 59.4 Å². The molecule has 0 spiro atoms. The van der Waals surface area contributed by atoms with Crippen molar-refractivity contribution >= 4 is 10.9 Å². The van der Waals surface area contributed by atoms with E-state index in [-0.39, 0.29) is 5.56 Å². The maximum Gasteiger partial charge on any atom is 0.253 e. The number of nitrogens with one attached hydrogen (secondary N) is 1. The zero-order valence-corrected chi connectivity index (χ0v) is 17.8. The topological polar surface area (TPSA) is 98.2 Å². The molecule has 1 aliphatic heterocycles. The molecule has 1 aliphatic rings. The summed E-state index contributed by atoms with van der Waals surface area (Å²) in [5, 5.41) is 13.5. The Balaban J connectivity index is 1.61. The van der Waals surface area contributed by atoms with Gasteiger partial charge in [-0.15, -0.1) is 5.10 Å². The lowest BCUT2D eigenvalue weighted by Crippen LogP contribution is -2.42. The number of methoxy groups -OCH3 is 1. The monoisotopic (exact) mass is 432 g/mol. The molecule has 9 heteroatoms. The van der Waals surface area contributed by atoms with E-state index < -0.39 is 6.04 Å². The Kier molecular flexibility index (Phi) is 5.66. The van der Waals surface area contributed by atoms with Crippen LogP contribution in [0.25, 0.3) is 10.9 Å². The molecule has 164 valence electrons. The second-order valence-corrected chi connectivity index (χ2v) is 7.74. The third kappa shape index (κ3) is 4.00. The normalized spacial score (nSPS) is 15.7. The van der Waals surface area contributed by atoms with Gasteiger partial charge < -0.3 is 14.5 Å². The fourth-order valence-electron chi connectivity index (χ4n) is 4.14. The number of ether oxygens (including phenoxy) is 2. The predicted octanol–water partition coefficient (Wildman–Crippen LogP) is 1.99. The van der Waals surface area contributed by atoms with Gasteiger partial charge in [0.05, 0.1) is 32.4 Å². The van der Waals surface area contributed by atoms with E-state index in [0.717, 1.165) is 16.5 Å². The summed E-state index contributed by atoms with van der Waals surface area (Å²) in [4.78, 5) is 18.5. The highest BCUT2D eigenvalue weighted by atomic mass is 16.5. The fourth-order valence-corrected chi connectivity index (χ4v) is 4.14. The second kappa shape index (κ2) is 8.89. The van der Waals surface area contributed by atoms with Crippen LogP contribution in [-0.4, -0.2) is 63.5 Å². The summed E-state index contributed by atoms with van der Waals surface area (Å²) in [6.45, 7) is 3.08. The quantitative estimate of drug-likeness (QED) is 0.498. The van der Waals surface area contributed by atoms with E-state index in [2.05, 4.69) is 25.4 Å². The van der Waals surface area contributed by atoms with Gasteiger partial charge in [0.1, 0.15) is 11.8 Å². The zero-order valence-electron chi connectivity index (χ0n) is 17.8. The average Bonchev–Trinajstić information content (AvgIpc) is 3.28. The largest absolute Gasteiger partial charge is 0.497 e. The summed E-state index contributed by atoms with van der Waals surface area (Å²) in [7, 11) is 1.61. The van der Waals surface area contributed by atoms with Crippen LogP contribution in [0.3, 0.4) is 0 Å². The van der Waals surface area contributed by atoms with Gasteiger partial charge >= 0.3 is 0 Å². The SMILES string of the molecule is COc1ccc2cc([C@@H](c3nnnn3Cc3ccccc3)N3CCOCC3)c(=O)[nH]c2c1. The summed E-state index contributed by atoms with van der Waals surface area (Å²) in [5.41, 5.74) is 2.24. The summed E-state index contributed by atoms with van der Waals surface area (Å²) in [5.74, 6) is 1.33. The van der Waals surface area contributed by atoms with Crippen LogP contribution in [0.4, 0.5) is 0 Å². The standard InChI is InChI=1S/C23H24N6O3/c1-31-18-8-7-17-13-19(23(30)24-20(17)14-18)21(28-9-11-32-12-10-28)22-25-26-27-29(22)15-16-5-3-2-4-6-16/h2-8,13-14,21H,9-12,15H2,1H3,(H,24,30)/t21-/m0/s1. The fraction of sp³-hybridized carbons (Fsp3) is 0.304. The van der Waals surface area contributed by atoms with Crippen molar-refractivity contribution in [1.29, 1.82) is 0 Å². The van der Waals surface area contributed by atoms with E-state index in [0.29, 0.717) is 50.0 Å². The molecule has 1 fully saturated rings. The predicted molar refractivity (Wildman–Crippen MR) is 119 cm³/mol. The Morgan fingerprint density at radius 1 is 1.12 bits per heavy atom. The highest BCUT2D eigenvalue weighted by molar-refractivity contribution is 5.80. The van der Waals surface area contributed by atoms with E-state index >= 15 is 0 Å². The van der Waals surface area contributed by atoms with Crippen molar-refractivity contribution in [3.05, 3.63) is 81.9 Å². The van der Waals surface area contributed by atoms with Gasteiger partial charge in [0, 0.05) is 24.7 Å². The number of H-pyrrole nitrogens is 1. The van der Waals surface area contributed by atoms with Crippen molar-refractivity contribution < 1.29 is 9.47 Å². The van der Waals surface area contributed by atoms with Crippen LogP contribution in [0, 0.1) is 0 Å². The number of aromatic nitrogens is 5. The summed E-state index contributed by atoms with van der Waals surface area (Å²) in [6, 6.07) is 17.2. The van der Waals surface area contributed by atoms with Gasteiger partial charge in [-0.3, -0.25) is 9.69 Å². The molecule has 0 radical (unpaired) electrons. The van der Waals surface area contributed by atoms with Crippen molar-refractivity contribution in [2.75, 3.05) is 33.4 Å². The van der Waals surface area contributed by atoms with Gasteiger partial charge in [-0.2, -0.15) is 0 Å². The number of hydrogen-bond acceptors (Lipinski definition) is 7. The third-order valence-corrected chi connectivity index (χ3v) is 5.77. The Labute approximate surface area is 184 Å². The summed E-state index contributed by atoms with van der Waals surface area (Å²) < 4.78 is 12.6. The molecule has 1 N–H and O–H groups in total. The lowest BCUT2D eigenvalue weighted by atomic mass is 10.0. The minimum absolute atomic E-state index is 0.170. The molecular weight excluding hydrogens is 408 g/mol. The van der Waals surface area contributed by atoms with Crippen molar-refractivity contribution in [1.82, 2.24) is 30.1 Å². The maximum absolute atomic E-state index is 13.2. The number of pyridine rings is 1. The van der Waals surface area contributed by atoms with Gasteiger partial charge in [0.2, 0.25) is 0 Å². The van der Waals surface area contributed by atoms with Crippen LogP contribution in [0.2, 0.25) is 0 Å². The Morgan fingerprint density at radius 2 is 1.94 bits per heavy atom. The number of hydrogen-bond donors (Lipinski definition) is 1. The minimum atomic E-state index is -0.395. The first-order valence-electron chi connectivity index (χ1n) is 10.6. The first-order chi connectivity index (χ1) is 15.7. The van der Waals surface area contributed by atoms with Crippen LogP contribution in [0.1, 0.15) is 23.0 Å². The van der Waals surface area contributed by atoms with Gasteiger partial charge in [0.25, 0.3) is 5.56 Å². The number of nitrogens with zero attached hydrogens (tertiary/aromatic N) is 5. The number of fused-ring (bicyclic) bond motifs is 1. The number of aromatic amines is 1. The van der Waals surface area contributed by atoms with Gasteiger partial charge in [-0.1, -0.05) is 30.3 Å². The smallest absolute Gasteiger partial charge is 0.253 e. The molecule has 0 saturated carbocycles. The van der Waals surface area contributed by atoms with Crippen molar-refractivity contribution in [2.45, 2.75) is 12.6 Å². The molecule has 5 rings (SSSR count). The summed E-state index contributed by atoms with van der Waals surface area (Å²) in [6.07, 6.45) is 0. The molecule has 2 aromatic heterocycles. The van der Waals surface area contributed by atoms with E-state index in [1.165, 1.54) is 0 Å². The average molecular weight is 432 g/mol. The number of benzene rings is 2. The molecule has 0 unspecified atom stereocenters.